The fourth-order valence-electron chi connectivity index (χ4n) is 3.92. The summed E-state index contributed by atoms with van der Waals surface area (Å²) in [6, 6.07) is 10.1. The van der Waals surface area contributed by atoms with Gasteiger partial charge in [0, 0.05) is 35.3 Å². The molecule has 0 bridgehead atoms. The van der Waals surface area contributed by atoms with Crippen LogP contribution >= 0.6 is 15.9 Å². The molecule has 2 atom stereocenters. The average Bonchev–Trinajstić information content (AvgIpc) is 2.50. The van der Waals surface area contributed by atoms with E-state index >= 15 is 0 Å². The van der Waals surface area contributed by atoms with Gasteiger partial charge in [0.2, 0.25) is 0 Å². The monoisotopic (exact) mass is 350 g/mol. The number of hydrogen-bond donors (Lipinski definition) is 1. The van der Waals surface area contributed by atoms with E-state index in [2.05, 4.69) is 57.3 Å². The molecule has 3 heteroatoms. The van der Waals surface area contributed by atoms with Gasteiger partial charge in [0.05, 0.1) is 0 Å². The molecule has 116 valence electrons. The molecule has 1 aromatic rings. The molecule has 2 aliphatic rings. The van der Waals surface area contributed by atoms with Crippen LogP contribution in [0.25, 0.3) is 0 Å². The number of benzene rings is 1. The Labute approximate surface area is 137 Å². The van der Waals surface area contributed by atoms with Gasteiger partial charge in [-0.3, -0.25) is 0 Å². The highest BCUT2D eigenvalue weighted by atomic mass is 79.9. The van der Waals surface area contributed by atoms with E-state index in [-0.39, 0.29) is 0 Å². The van der Waals surface area contributed by atoms with Gasteiger partial charge >= 0.3 is 0 Å². The SMILES string of the molecule is CC1CCCC(N2CCC(Nc3ccc(Br)cc3)CC2)C1. The number of piperidine rings is 1. The van der Waals surface area contributed by atoms with Crippen molar-refractivity contribution >= 4 is 21.6 Å². The lowest BCUT2D eigenvalue weighted by molar-refractivity contribution is 0.109. The van der Waals surface area contributed by atoms with Crippen LogP contribution in [0.2, 0.25) is 0 Å². The lowest BCUT2D eigenvalue weighted by Gasteiger charge is -2.41. The Morgan fingerprint density at radius 2 is 1.76 bits per heavy atom. The smallest absolute Gasteiger partial charge is 0.0343 e. The van der Waals surface area contributed by atoms with Gasteiger partial charge in [-0.25, -0.2) is 0 Å². The molecule has 0 radical (unpaired) electrons. The molecular formula is C18H27BrN2. The fourth-order valence-corrected chi connectivity index (χ4v) is 4.19. The molecule has 1 N–H and O–H groups in total. The van der Waals surface area contributed by atoms with Crippen molar-refractivity contribution < 1.29 is 0 Å². The predicted octanol–water partition coefficient (Wildman–Crippen LogP) is 4.90. The molecule has 21 heavy (non-hydrogen) atoms. The van der Waals surface area contributed by atoms with Crippen LogP contribution in [0, 0.1) is 5.92 Å². The summed E-state index contributed by atoms with van der Waals surface area (Å²) >= 11 is 3.49. The quantitative estimate of drug-likeness (QED) is 0.833. The summed E-state index contributed by atoms with van der Waals surface area (Å²) in [5.41, 5.74) is 1.25. The Morgan fingerprint density at radius 1 is 1.05 bits per heavy atom. The lowest BCUT2D eigenvalue weighted by atomic mass is 9.85. The maximum absolute atomic E-state index is 3.69. The van der Waals surface area contributed by atoms with Crippen molar-refractivity contribution in [3.05, 3.63) is 28.7 Å². The van der Waals surface area contributed by atoms with E-state index in [0.29, 0.717) is 6.04 Å². The van der Waals surface area contributed by atoms with Gasteiger partial charge in [-0.2, -0.15) is 0 Å². The number of nitrogens with zero attached hydrogens (tertiary/aromatic N) is 1. The van der Waals surface area contributed by atoms with E-state index in [1.54, 1.807) is 0 Å². The maximum atomic E-state index is 3.69. The summed E-state index contributed by atoms with van der Waals surface area (Å²) in [4.78, 5) is 2.76. The van der Waals surface area contributed by atoms with Gasteiger partial charge in [-0.1, -0.05) is 35.7 Å². The van der Waals surface area contributed by atoms with Crippen molar-refractivity contribution in [2.24, 2.45) is 5.92 Å². The highest BCUT2D eigenvalue weighted by molar-refractivity contribution is 9.10. The minimum atomic E-state index is 0.642. The number of halogens is 1. The van der Waals surface area contributed by atoms with E-state index in [0.717, 1.165) is 16.4 Å². The molecule has 1 saturated carbocycles. The van der Waals surface area contributed by atoms with Crippen molar-refractivity contribution in [2.45, 2.75) is 57.5 Å². The van der Waals surface area contributed by atoms with Crippen LogP contribution in [-0.2, 0) is 0 Å². The summed E-state index contributed by atoms with van der Waals surface area (Å²) in [6.45, 7) is 4.96. The number of hydrogen-bond acceptors (Lipinski definition) is 2. The third-order valence-corrected chi connectivity index (χ3v) is 5.70. The largest absolute Gasteiger partial charge is 0.382 e. The second-order valence-electron chi connectivity index (χ2n) is 6.89. The van der Waals surface area contributed by atoms with Gasteiger partial charge in [0.15, 0.2) is 0 Å². The van der Waals surface area contributed by atoms with E-state index in [1.807, 2.05) is 0 Å². The van der Waals surface area contributed by atoms with Crippen LogP contribution in [0.15, 0.2) is 28.7 Å². The van der Waals surface area contributed by atoms with Crippen LogP contribution in [0.3, 0.4) is 0 Å². The zero-order valence-electron chi connectivity index (χ0n) is 13.0. The molecule has 1 saturated heterocycles. The second kappa shape index (κ2) is 7.15. The Bertz CT molecular complexity index is 437. The Hall–Kier alpha value is -0.540. The summed E-state index contributed by atoms with van der Waals surface area (Å²) in [5, 5.41) is 3.69. The van der Waals surface area contributed by atoms with Crippen LogP contribution < -0.4 is 5.32 Å². The number of anilines is 1. The molecule has 0 amide bonds. The zero-order valence-corrected chi connectivity index (χ0v) is 14.6. The van der Waals surface area contributed by atoms with Gasteiger partial charge in [-0.15, -0.1) is 0 Å². The molecule has 1 aromatic carbocycles. The van der Waals surface area contributed by atoms with Crippen molar-refractivity contribution in [1.29, 1.82) is 0 Å². The molecule has 1 aliphatic carbocycles. The topological polar surface area (TPSA) is 15.3 Å². The molecule has 1 aliphatic heterocycles. The molecule has 2 fully saturated rings. The van der Waals surface area contributed by atoms with Crippen molar-refractivity contribution in [3.63, 3.8) is 0 Å². The minimum absolute atomic E-state index is 0.642. The van der Waals surface area contributed by atoms with E-state index < -0.39 is 0 Å². The highest BCUT2D eigenvalue weighted by Crippen LogP contribution is 2.29. The zero-order chi connectivity index (χ0) is 14.7. The normalized spacial score (nSPS) is 28.5. The van der Waals surface area contributed by atoms with Crippen molar-refractivity contribution in [2.75, 3.05) is 18.4 Å². The van der Waals surface area contributed by atoms with E-state index in [4.69, 9.17) is 0 Å². The summed E-state index contributed by atoms with van der Waals surface area (Å²) in [7, 11) is 0. The molecule has 0 spiro atoms. The van der Waals surface area contributed by atoms with Gasteiger partial charge in [-0.05, 0) is 55.9 Å². The number of rotatable bonds is 3. The van der Waals surface area contributed by atoms with Gasteiger partial charge in [0.1, 0.15) is 0 Å². The number of likely N-dealkylation sites (tertiary alicyclic amines) is 1. The van der Waals surface area contributed by atoms with Crippen LogP contribution in [0.5, 0.6) is 0 Å². The van der Waals surface area contributed by atoms with Gasteiger partial charge in [0.25, 0.3) is 0 Å². The van der Waals surface area contributed by atoms with Crippen LogP contribution in [0.1, 0.15) is 45.4 Å². The third kappa shape index (κ3) is 4.23. The lowest BCUT2D eigenvalue weighted by Crippen LogP contribution is -2.46. The summed E-state index contributed by atoms with van der Waals surface area (Å²) < 4.78 is 1.15. The minimum Gasteiger partial charge on any atom is -0.382 e. The maximum Gasteiger partial charge on any atom is 0.0343 e. The highest BCUT2D eigenvalue weighted by Gasteiger charge is 2.28. The number of nitrogens with one attached hydrogen (secondary N) is 1. The summed E-state index contributed by atoms with van der Waals surface area (Å²) in [5.74, 6) is 0.933. The standard InChI is InChI=1S/C18H27BrN2/c1-14-3-2-4-18(13-14)21-11-9-17(10-12-21)20-16-7-5-15(19)6-8-16/h5-8,14,17-18,20H,2-4,9-13H2,1H3. The first-order valence-corrected chi connectivity index (χ1v) is 9.26. The van der Waals surface area contributed by atoms with Crippen molar-refractivity contribution in [1.82, 2.24) is 4.90 Å². The molecule has 1 heterocycles. The van der Waals surface area contributed by atoms with Crippen molar-refractivity contribution in [3.8, 4) is 0 Å². The predicted molar refractivity (Wildman–Crippen MR) is 93.8 cm³/mol. The molecule has 3 rings (SSSR count). The van der Waals surface area contributed by atoms with Gasteiger partial charge < -0.3 is 10.2 Å². The Balaban J connectivity index is 1.47. The third-order valence-electron chi connectivity index (χ3n) is 5.17. The Kier molecular flexibility index (Phi) is 5.23. The molecule has 0 aromatic heterocycles. The first-order valence-electron chi connectivity index (χ1n) is 8.47. The fraction of sp³-hybridized carbons (Fsp3) is 0.667. The summed E-state index contributed by atoms with van der Waals surface area (Å²) in [6.07, 6.45) is 8.28. The van der Waals surface area contributed by atoms with E-state index in [9.17, 15) is 0 Å². The molecule has 2 unspecified atom stereocenters. The average molecular weight is 351 g/mol. The second-order valence-corrected chi connectivity index (χ2v) is 7.80. The Morgan fingerprint density at radius 3 is 2.43 bits per heavy atom. The first-order chi connectivity index (χ1) is 10.2. The van der Waals surface area contributed by atoms with Crippen LogP contribution in [-0.4, -0.2) is 30.1 Å². The first kappa shape index (κ1) is 15.4. The van der Waals surface area contributed by atoms with E-state index in [1.165, 1.54) is 57.3 Å². The molecule has 2 nitrogen and oxygen atoms in total. The van der Waals surface area contributed by atoms with Crippen LogP contribution in [0.4, 0.5) is 5.69 Å². The molecular weight excluding hydrogens is 324 g/mol.